The number of pyridine rings is 2. The fraction of sp³-hybridized carbons (Fsp3) is 0. The van der Waals surface area contributed by atoms with Crippen molar-refractivity contribution in [3.05, 3.63) is 176 Å². The van der Waals surface area contributed by atoms with Crippen LogP contribution in [0, 0.1) is 0 Å². The maximum Gasteiger partial charge on any atom is 0.164 e. The molecule has 9 aromatic rings. The average molecular weight is 640 g/mol. The van der Waals surface area contributed by atoms with Crippen molar-refractivity contribution in [3.8, 4) is 67.5 Å². The van der Waals surface area contributed by atoms with Crippen LogP contribution in [0.1, 0.15) is 0 Å². The van der Waals surface area contributed by atoms with Crippen molar-refractivity contribution in [2.24, 2.45) is 0 Å². The molecule has 0 N–H and O–H groups in total. The van der Waals surface area contributed by atoms with Gasteiger partial charge in [0, 0.05) is 39.9 Å². The van der Waals surface area contributed by atoms with Crippen molar-refractivity contribution in [1.29, 1.82) is 0 Å². The number of aromatic nitrogens is 5. The third-order valence-corrected chi connectivity index (χ3v) is 9.07. The van der Waals surface area contributed by atoms with Crippen LogP contribution in [0.5, 0.6) is 0 Å². The summed E-state index contributed by atoms with van der Waals surface area (Å²) in [6.07, 6.45) is 3.69. The van der Waals surface area contributed by atoms with E-state index in [0.29, 0.717) is 17.5 Å². The molecule has 0 amide bonds. The van der Waals surface area contributed by atoms with Gasteiger partial charge in [-0.05, 0) is 45.5 Å². The Morgan fingerprint density at radius 2 is 0.720 bits per heavy atom. The van der Waals surface area contributed by atoms with Crippen LogP contribution in [0.3, 0.4) is 0 Å². The first-order valence-corrected chi connectivity index (χ1v) is 16.6. The third kappa shape index (κ3) is 5.57. The minimum Gasteiger partial charge on any atom is -0.254 e. The minimum absolute atomic E-state index is 0.634. The van der Waals surface area contributed by atoms with E-state index >= 15 is 0 Å². The van der Waals surface area contributed by atoms with Crippen molar-refractivity contribution < 1.29 is 0 Å². The van der Waals surface area contributed by atoms with Crippen molar-refractivity contribution in [1.82, 2.24) is 24.9 Å². The van der Waals surface area contributed by atoms with E-state index < -0.39 is 0 Å². The Kier molecular flexibility index (Phi) is 7.41. The number of benzene rings is 6. The molecule has 0 radical (unpaired) electrons. The standard InChI is InChI=1S/C45H29N5/c1-3-8-30(9-4-1)31-15-21-37(22-16-31)44-48-43(36-10-5-2-6-11-36)49-45(50-44)38-23-17-33(18-24-38)32-13-19-34(20-14-32)39-27-29-47-42-40(39)26-25-35-12-7-28-46-41(35)42/h1-29H. The molecule has 0 spiro atoms. The second-order valence-electron chi connectivity index (χ2n) is 12.2. The first kappa shape index (κ1) is 29.3. The smallest absolute Gasteiger partial charge is 0.164 e. The molecule has 9 rings (SSSR count). The van der Waals surface area contributed by atoms with E-state index in [1.165, 1.54) is 5.56 Å². The van der Waals surface area contributed by atoms with E-state index in [4.69, 9.17) is 15.0 Å². The zero-order chi connectivity index (χ0) is 33.3. The Labute approximate surface area is 289 Å². The Morgan fingerprint density at radius 1 is 0.280 bits per heavy atom. The number of fused-ring (bicyclic) bond motifs is 3. The highest BCUT2D eigenvalue weighted by atomic mass is 15.0. The van der Waals surface area contributed by atoms with E-state index in [1.54, 1.807) is 0 Å². The quantitative estimate of drug-likeness (QED) is 0.169. The lowest BCUT2D eigenvalue weighted by atomic mass is 9.97. The van der Waals surface area contributed by atoms with Crippen molar-refractivity contribution in [2.45, 2.75) is 0 Å². The maximum absolute atomic E-state index is 4.96. The summed E-state index contributed by atoms with van der Waals surface area (Å²) in [7, 11) is 0. The summed E-state index contributed by atoms with van der Waals surface area (Å²) >= 11 is 0. The van der Waals surface area contributed by atoms with Gasteiger partial charge in [-0.15, -0.1) is 0 Å². The second kappa shape index (κ2) is 12.6. The maximum atomic E-state index is 4.96. The molecule has 6 aromatic carbocycles. The normalized spacial score (nSPS) is 11.2. The first-order valence-electron chi connectivity index (χ1n) is 16.6. The SMILES string of the molecule is c1ccc(-c2ccc(-c3nc(-c4ccccc4)nc(-c4ccc(-c5ccc(-c6ccnc7c6ccc6cccnc67)cc5)cc4)n3)cc2)cc1. The van der Waals surface area contributed by atoms with Crippen LogP contribution in [0.2, 0.25) is 0 Å². The minimum atomic E-state index is 0.634. The molecule has 0 saturated heterocycles. The largest absolute Gasteiger partial charge is 0.254 e. The summed E-state index contributed by atoms with van der Waals surface area (Å²) in [5.41, 5.74) is 11.5. The first-order chi connectivity index (χ1) is 24.8. The molecule has 0 bridgehead atoms. The van der Waals surface area contributed by atoms with Gasteiger partial charge in [0.15, 0.2) is 17.5 Å². The van der Waals surface area contributed by atoms with Crippen LogP contribution >= 0.6 is 0 Å². The molecular weight excluding hydrogens is 611 g/mol. The van der Waals surface area contributed by atoms with Gasteiger partial charge in [-0.25, -0.2) is 15.0 Å². The summed E-state index contributed by atoms with van der Waals surface area (Å²) in [4.78, 5) is 24.1. The lowest BCUT2D eigenvalue weighted by Crippen LogP contribution is -2.00. The Balaban J connectivity index is 1.03. The van der Waals surface area contributed by atoms with Gasteiger partial charge in [-0.1, -0.05) is 152 Å². The van der Waals surface area contributed by atoms with Crippen molar-refractivity contribution >= 4 is 21.8 Å². The highest BCUT2D eigenvalue weighted by Crippen LogP contribution is 2.33. The van der Waals surface area contributed by atoms with E-state index in [2.05, 4.69) is 131 Å². The van der Waals surface area contributed by atoms with Gasteiger partial charge >= 0.3 is 0 Å². The lowest BCUT2D eigenvalue weighted by molar-refractivity contribution is 1.07. The van der Waals surface area contributed by atoms with E-state index in [-0.39, 0.29) is 0 Å². The Bertz CT molecular complexity index is 2600. The van der Waals surface area contributed by atoms with Crippen LogP contribution in [0.15, 0.2) is 176 Å². The molecule has 50 heavy (non-hydrogen) atoms. The number of nitrogens with zero attached hydrogens (tertiary/aromatic N) is 5. The monoisotopic (exact) mass is 639 g/mol. The number of hydrogen-bond acceptors (Lipinski definition) is 5. The molecule has 0 aliphatic heterocycles. The molecule has 0 fully saturated rings. The molecule has 3 aromatic heterocycles. The molecule has 0 aliphatic rings. The van der Waals surface area contributed by atoms with Crippen LogP contribution in [-0.4, -0.2) is 24.9 Å². The van der Waals surface area contributed by atoms with E-state index in [0.717, 1.165) is 66.3 Å². The van der Waals surface area contributed by atoms with Crippen molar-refractivity contribution in [2.75, 3.05) is 0 Å². The summed E-state index contributed by atoms with van der Waals surface area (Å²) in [6, 6.07) is 56.3. The van der Waals surface area contributed by atoms with Gasteiger partial charge in [0.2, 0.25) is 0 Å². The van der Waals surface area contributed by atoms with Crippen LogP contribution < -0.4 is 0 Å². The zero-order valence-electron chi connectivity index (χ0n) is 27.0. The molecule has 3 heterocycles. The van der Waals surface area contributed by atoms with Crippen LogP contribution in [-0.2, 0) is 0 Å². The zero-order valence-corrected chi connectivity index (χ0v) is 27.0. The van der Waals surface area contributed by atoms with E-state index in [9.17, 15) is 0 Å². The summed E-state index contributed by atoms with van der Waals surface area (Å²) in [6.45, 7) is 0. The van der Waals surface area contributed by atoms with Gasteiger partial charge in [0.25, 0.3) is 0 Å². The lowest BCUT2D eigenvalue weighted by Gasteiger charge is -2.11. The molecule has 0 saturated carbocycles. The van der Waals surface area contributed by atoms with Gasteiger partial charge < -0.3 is 0 Å². The third-order valence-electron chi connectivity index (χ3n) is 9.07. The Morgan fingerprint density at radius 3 is 1.28 bits per heavy atom. The van der Waals surface area contributed by atoms with Crippen molar-refractivity contribution in [3.63, 3.8) is 0 Å². The molecule has 5 nitrogen and oxygen atoms in total. The Hall–Kier alpha value is -6.85. The second-order valence-corrected chi connectivity index (χ2v) is 12.2. The highest BCUT2D eigenvalue weighted by molar-refractivity contribution is 6.08. The molecule has 0 atom stereocenters. The van der Waals surface area contributed by atoms with Gasteiger partial charge in [0.05, 0.1) is 11.0 Å². The highest BCUT2D eigenvalue weighted by Gasteiger charge is 2.14. The summed E-state index contributed by atoms with van der Waals surface area (Å²) in [5, 5.41) is 2.18. The topological polar surface area (TPSA) is 64.5 Å². The van der Waals surface area contributed by atoms with E-state index in [1.807, 2.05) is 54.9 Å². The fourth-order valence-corrected chi connectivity index (χ4v) is 6.45. The predicted molar refractivity (Wildman–Crippen MR) is 203 cm³/mol. The van der Waals surface area contributed by atoms with Crippen LogP contribution in [0.25, 0.3) is 89.4 Å². The molecule has 0 unspecified atom stereocenters. The molecule has 0 aliphatic carbocycles. The number of rotatable bonds is 6. The average Bonchev–Trinajstić information content (AvgIpc) is 3.21. The summed E-state index contributed by atoms with van der Waals surface area (Å²) < 4.78 is 0. The predicted octanol–water partition coefficient (Wildman–Crippen LogP) is 11.0. The molecule has 5 heteroatoms. The van der Waals surface area contributed by atoms with Gasteiger partial charge in [0.1, 0.15) is 0 Å². The van der Waals surface area contributed by atoms with Crippen LogP contribution in [0.4, 0.5) is 0 Å². The van der Waals surface area contributed by atoms with Gasteiger partial charge in [-0.3, -0.25) is 9.97 Å². The fourth-order valence-electron chi connectivity index (χ4n) is 6.45. The molecule has 234 valence electrons. The number of hydrogen-bond donors (Lipinski definition) is 0. The summed E-state index contributed by atoms with van der Waals surface area (Å²) in [5.74, 6) is 1.92. The molecular formula is C45H29N5. The van der Waals surface area contributed by atoms with Gasteiger partial charge in [-0.2, -0.15) is 0 Å².